The van der Waals surface area contributed by atoms with Gasteiger partial charge in [0.05, 0.1) is 35.0 Å². The van der Waals surface area contributed by atoms with Crippen molar-refractivity contribution in [3.8, 4) is 0 Å². The lowest BCUT2D eigenvalue weighted by molar-refractivity contribution is -0.145. The van der Waals surface area contributed by atoms with Gasteiger partial charge in [-0.3, -0.25) is 29.0 Å². The number of hydrogen-bond donors (Lipinski definition) is 0. The van der Waals surface area contributed by atoms with E-state index in [1.54, 1.807) is 48.5 Å². The van der Waals surface area contributed by atoms with E-state index in [1.165, 1.54) is 9.80 Å². The third-order valence-electron chi connectivity index (χ3n) is 10.6. The Morgan fingerprint density at radius 3 is 1.40 bits per heavy atom. The number of benzene rings is 4. The number of halogens is 2. The summed E-state index contributed by atoms with van der Waals surface area (Å²) in [4.78, 5) is 61.9. The molecule has 0 aromatic heterocycles. The molecule has 2 bridgehead atoms. The van der Waals surface area contributed by atoms with Crippen LogP contribution in [0.15, 0.2) is 109 Å². The Bertz CT molecular complexity index is 1890. The van der Waals surface area contributed by atoms with Gasteiger partial charge in [0.15, 0.2) is 0 Å². The van der Waals surface area contributed by atoms with E-state index in [0.29, 0.717) is 34.3 Å². The maximum absolute atomic E-state index is 14.9. The topological polar surface area (TPSA) is 74.8 Å². The van der Waals surface area contributed by atoms with Gasteiger partial charge in [-0.2, -0.15) is 0 Å². The highest BCUT2D eigenvalue weighted by Gasteiger charge is 2.77. The third-order valence-corrected chi connectivity index (χ3v) is 11.1. The van der Waals surface area contributed by atoms with Crippen LogP contribution in [0.3, 0.4) is 0 Å². The van der Waals surface area contributed by atoms with Crippen LogP contribution in [0.5, 0.6) is 0 Å². The summed E-state index contributed by atoms with van der Waals surface area (Å²) >= 11 is 12.4. The van der Waals surface area contributed by atoms with E-state index in [4.69, 9.17) is 23.2 Å². The van der Waals surface area contributed by atoms with Crippen molar-refractivity contribution in [2.24, 2.45) is 35.0 Å². The number of hydrogen-bond acceptors (Lipinski definition) is 4. The van der Waals surface area contributed by atoms with Gasteiger partial charge in [-0.1, -0.05) is 97.2 Å². The number of imide groups is 2. The smallest absolute Gasteiger partial charge is 0.238 e. The molecule has 0 spiro atoms. The van der Waals surface area contributed by atoms with E-state index in [1.807, 2.05) is 67.6 Å². The first-order chi connectivity index (χ1) is 22.8. The summed E-state index contributed by atoms with van der Waals surface area (Å²) in [5.41, 5.74) is 3.23. The molecule has 234 valence electrons. The van der Waals surface area contributed by atoms with Gasteiger partial charge in [0.25, 0.3) is 0 Å². The van der Waals surface area contributed by atoms with Crippen LogP contribution in [0.1, 0.15) is 30.9 Å². The predicted molar refractivity (Wildman–Crippen MR) is 182 cm³/mol. The Labute approximate surface area is 282 Å². The fourth-order valence-electron chi connectivity index (χ4n) is 9.22. The lowest BCUT2D eigenvalue weighted by Gasteiger charge is -2.59. The minimum Gasteiger partial charge on any atom is -0.274 e. The number of rotatable bonds is 6. The van der Waals surface area contributed by atoms with E-state index in [-0.39, 0.29) is 23.6 Å². The lowest BCUT2D eigenvalue weighted by atomic mass is 9.40. The fourth-order valence-corrected chi connectivity index (χ4v) is 9.47. The summed E-state index contributed by atoms with van der Waals surface area (Å²) in [6.45, 7) is 2.03. The summed E-state index contributed by atoms with van der Waals surface area (Å²) in [6.07, 6.45) is 1.06. The third kappa shape index (κ3) is 4.11. The predicted octanol–water partition coefficient (Wildman–Crippen LogP) is 7.95. The highest BCUT2D eigenvalue weighted by Crippen LogP contribution is 2.73. The molecular weight excluding hydrogens is 631 g/mol. The lowest BCUT2D eigenvalue weighted by Crippen LogP contribution is -2.60. The molecule has 5 aliphatic rings. The molecule has 0 radical (unpaired) electrons. The molecule has 1 saturated carbocycles. The second-order valence-corrected chi connectivity index (χ2v) is 13.7. The van der Waals surface area contributed by atoms with E-state index < -0.39 is 35.0 Å². The summed E-state index contributed by atoms with van der Waals surface area (Å²) < 4.78 is 0. The highest BCUT2D eigenvalue weighted by molar-refractivity contribution is 6.32. The second kappa shape index (κ2) is 11.0. The van der Waals surface area contributed by atoms with E-state index in [9.17, 15) is 19.2 Å². The number of amides is 4. The molecule has 9 rings (SSSR count). The van der Waals surface area contributed by atoms with Crippen molar-refractivity contribution in [1.29, 1.82) is 0 Å². The van der Waals surface area contributed by atoms with Gasteiger partial charge in [-0.25, -0.2) is 0 Å². The molecule has 6 nitrogen and oxygen atoms in total. The minimum absolute atomic E-state index is 0.343. The van der Waals surface area contributed by atoms with Crippen LogP contribution in [0.4, 0.5) is 11.4 Å². The second-order valence-electron chi connectivity index (χ2n) is 12.8. The number of carbonyl (C=O) groups is 4. The number of nitrogens with zero attached hydrogens (tertiary/aromatic N) is 2. The Morgan fingerprint density at radius 2 is 0.979 bits per heavy atom. The van der Waals surface area contributed by atoms with Gasteiger partial charge in [-0.15, -0.1) is 0 Å². The average molecular weight is 662 g/mol. The summed E-state index contributed by atoms with van der Waals surface area (Å²) in [6, 6.07) is 33.0. The highest BCUT2D eigenvalue weighted by atomic mass is 35.5. The molecule has 4 aromatic rings. The van der Waals surface area contributed by atoms with Crippen molar-refractivity contribution in [2.75, 3.05) is 9.80 Å². The summed E-state index contributed by atoms with van der Waals surface area (Å²) in [7, 11) is 0. The number of anilines is 2. The fraction of sp³-hybridized carbons (Fsp3) is 0.231. The zero-order valence-electron chi connectivity index (χ0n) is 25.5. The molecule has 47 heavy (non-hydrogen) atoms. The van der Waals surface area contributed by atoms with Crippen LogP contribution >= 0.6 is 23.2 Å². The van der Waals surface area contributed by atoms with E-state index >= 15 is 0 Å². The van der Waals surface area contributed by atoms with Crippen molar-refractivity contribution < 1.29 is 19.2 Å². The van der Waals surface area contributed by atoms with Crippen molar-refractivity contribution in [2.45, 2.75) is 19.8 Å². The van der Waals surface area contributed by atoms with Gasteiger partial charge in [0.1, 0.15) is 0 Å². The van der Waals surface area contributed by atoms with Crippen LogP contribution in [-0.2, 0) is 19.2 Å². The summed E-state index contributed by atoms with van der Waals surface area (Å²) in [5.74, 6) is -5.47. The molecule has 2 aliphatic heterocycles. The van der Waals surface area contributed by atoms with Crippen molar-refractivity contribution in [1.82, 2.24) is 0 Å². The van der Waals surface area contributed by atoms with E-state index in [0.717, 1.165) is 22.3 Å². The zero-order valence-corrected chi connectivity index (χ0v) is 27.0. The minimum atomic E-state index is -1.15. The molecule has 2 heterocycles. The van der Waals surface area contributed by atoms with Crippen molar-refractivity contribution >= 4 is 69.4 Å². The first-order valence-corrected chi connectivity index (χ1v) is 16.7. The molecule has 3 aliphatic carbocycles. The van der Waals surface area contributed by atoms with Crippen LogP contribution < -0.4 is 9.80 Å². The van der Waals surface area contributed by atoms with Gasteiger partial charge in [0.2, 0.25) is 23.6 Å². The van der Waals surface area contributed by atoms with Crippen LogP contribution in [0.2, 0.25) is 10.0 Å². The van der Waals surface area contributed by atoms with Crippen LogP contribution in [-0.4, -0.2) is 23.6 Å². The molecule has 0 N–H and O–H groups in total. The Kier molecular flexibility index (Phi) is 7.01. The Balaban J connectivity index is 1.44. The molecule has 4 atom stereocenters. The summed E-state index contributed by atoms with van der Waals surface area (Å²) in [5, 5.41) is 0.973. The Morgan fingerprint density at radius 1 is 0.553 bits per heavy atom. The first kappa shape index (κ1) is 29.9. The molecule has 4 aromatic carbocycles. The van der Waals surface area contributed by atoms with Gasteiger partial charge in [-0.05, 0) is 77.2 Å². The van der Waals surface area contributed by atoms with Gasteiger partial charge in [0, 0.05) is 21.4 Å². The molecular formula is C39H30Cl2N2O4. The zero-order chi connectivity index (χ0) is 32.6. The van der Waals surface area contributed by atoms with Crippen LogP contribution in [0, 0.1) is 35.0 Å². The van der Waals surface area contributed by atoms with Crippen molar-refractivity contribution in [3.05, 3.63) is 130 Å². The average Bonchev–Trinajstić information content (AvgIpc) is 3.52. The van der Waals surface area contributed by atoms with Gasteiger partial charge >= 0.3 is 0 Å². The quantitative estimate of drug-likeness (QED) is 0.197. The monoisotopic (exact) mass is 660 g/mol. The normalized spacial score (nSPS) is 27.9. The molecule has 3 fully saturated rings. The van der Waals surface area contributed by atoms with Crippen LogP contribution in [0.25, 0.3) is 11.1 Å². The number of allylic oxidation sites excluding steroid dienone is 2. The first-order valence-electron chi connectivity index (χ1n) is 15.9. The maximum atomic E-state index is 14.9. The maximum Gasteiger partial charge on any atom is 0.238 e. The molecule has 2 saturated heterocycles. The SMILES string of the molecule is CCCC12C(c3ccccc3)=C(c3ccccc3)C(C3C(=O)N(c4ccc(Cl)cc4)C(=O)C31)C1C(=O)N(c3ccc(Cl)cc3)C(=O)C12. The number of carbonyl (C=O) groups excluding carboxylic acids is 4. The molecule has 8 heteroatoms. The standard InChI is InChI=1S/C39H30Cl2N2O4/c1-2-21-39-32(23-11-7-4-8-12-23)28(22-9-5-3-6-10-22)29(30-33(39)37(46)42(35(30)44)26-17-13-24(40)14-18-26)31-34(39)38(47)43(36(31)45)27-19-15-25(41)16-20-27/h3-20,29-31,33-34H,2,21H2,1H3. The molecule has 4 unspecified atom stereocenters. The van der Waals surface area contributed by atoms with Gasteiger partial charge < -0.3 is 0 Å². The molecule has 4 amide bonds. The Hall–Kier alpha value is -4.52. The van der Waals surface area contributed by atoms with E-state index in [2.05, 4.69) is 0 Å². The largest absolute Gasteiger partial charge is 0.274 e. The van der Waals surface area contributed by atoms with Crippen molar-refractivity contribution in [3.63, 3.8) is 0 Å².